The highest BCUT2D eigenvalue weighted by Gasteiger charge is 2.27. The molecule has 1 aliphatic heterocycles. The predicted octanol–water partition coefficient (Wildman–Crippen LogP) is 2.01. The number of nitrogens with one attached hydrogen (secondary N) is 1. The average Bonchev–Trinajstić information content (AvgIpc) is 3.01. The largest absolute Gasteiger partial charge is 0.465 e. The zero-order valence-electron chi connectivity index (χ0n) is 13.8. The number of benzene rings is 1. The zero-order chi connectivity index (χ0) is 18.0. The van der Waals surface area contributed by atoms with Crippen LogP contribution in [0.3, 0.4) is 0 Å². The summed E-state index contributed by atoms with van der Waals surface area (Å²) in [6, 6.07) is 6.23. The van der Waals surface area contributed by atoms with Crippen LogP contribution in [0, 0.1) is 6.92 Å². The lowest BCUT2D eigenvalue weighted by atomic mass is 10.2. The lowest BCUT2D eigenvalue weighted by Gasteiger charge is -2.13. The number of aryl methyl sites for hydroxylation is 1. The Morgan fingerprint density at radius 3 is 2.76 bits per heavy atom. The van der Waals surface area contributed by atoms with Crippen LogP contribution in [0.4, 0.5) is 5.69 Å². The van der Waals surface area contributed by atoms with E-state index in [1.807, 2.05) is 0 Å². The molecule has 1 N–H and O–H groups in total. The maximum absolute atomic E-state index is 12.3. The van der Waals surface area contributed by atoms with Crippen molar-refractivity contribution >= 4 is 29.3 Å². The third-order valence-electron chi connectivity index (χ3n) is 3.91. The Hall–Kier alpha value is -2.61. The number of aromatic nitrogens is 2. The summed E-state index contributed by atoms with van der Waals surface area (Å²) < 4.78 is 6.23. The van der Waals surface area contributed by atoms with Gasteiger partial charge in [0.1, 0.15) is 0 Å². The van der Waals surface area contributed by atoms with Gasteiger partial charge in [0.05, 0.1) is 18.7 Å². The number of carbonyl (C=O) groups is 2. The Kier molecular flexibility index (Phi) is 4.89. The number of amides is 1. The maximum atomic E-state index is 12.3. The lowest BCUT2D eigenvalue weighted by Crippen LogP contribution is -2.28. The molecule has 0 saturated carbocycles. The number of methoxy groups -OCH3 is 1. The average molecular weight is 359 g/mol. The number of rotatable bonds is 4. The van der Waals surface area contributed by atoms with E-state index in [0.717, 1.165) is 0 Å². The van der Waals surface area contributed by atoms with Gasteiger partial charge in [0.15, 0.2) is 5.16 Å². The van der Waals surface area contributed by atoms with Crippen molar-refractivity contribution in [3.05, 3.63) is 51.9 Å². The molecule has 8 heteroatoms. The fourth-order valence-corrected chi connectivity index (χ4v) is 3.71. The fraction of sp³-hybridized carbons (Fsp3) is 0.294. The number of fused-ring (bicyclic) bond motifs is 1. The Morgan fingerprint density at radius 2 is 2.08 bits per heavy atom. The minimum Gasteiger partial charge on any atom is -0.465 e. The van der Waals surface area contributed by atoms with Crippen LogP contribution in [0.1, 0.15) is 28.4 Å². The molecule has 0 bridgehead atoms. The van der Waals surface area contributed by atoms with E-state index in [1.54, 1.807) is 42.0 Å². The summed E-state index contributed by atoms with van der Waals surface area (Å²) in [6.07, 6.45) is 1.75. The normalized spacial score (nSPS) is 15.5. The summed E-state index contributed by atoms with van der Waals surface area (Å²) in [7, 11) is 1.31. The standard InChI is InChI=1S/C17H17N3O4S/c1-10-8-18-17-20(15(10)22)13(9-25-17)7-14(21)19-12-5-3-11(4-6-12)16(23)24-2/h3-6,8,13H,7,9H2,1-2H3,(H,19,21)/t13-/m0/s1. The van der Waals surface area contributed by atoms with Crippen molar-refractivity contribution in [1.82, 2.24) is 9.55 Å². The topological polar surface area (TPSA) is 90.3 Å². The Labute approximate surface area is 148 Å². The lowest BCUT2D eigenvalue weighted by molar-refractivity contribution is -0.116. The zero-order valence-corrected chi connectivity index (χ0v) is 14.6. The van der Waals surface area contributed by atoms with E-state index < -0.39 is 5.97 Å². The van der Waals surface area contributed by atoms with Gasteiger partial charge in [0, 0.05) is 29.6 Å². The summed E-state index contributed by atoms with van der Waals surface area (Å²) in [6.45, 7) is 1.71. The monoisotopic (exact) mass is 359 g/mol. The molecule has 1 atom stereocenters. The van der Waals surface area contributed by atoms with E-state index in [2.05, 4.69) is 15.0 Å². The third kappa shape index (κ3) is 3.58. The van der Waals surface area contributed by atoms with Crippen LogP contribution < -0.4 is 10.9 Å². The second kappa shape index (κ2) is 7.10. The number of anilines is 1. The smallest absolute Gasteiger partial charge is 0.337 e. The summed E-state index contributed by atoms with van der Waals surface area (Å²) in [4.78, 5) is 40.2. The first-order valence-corrected chi connectivity index (χ1v) is 8.67. The molecule has 1 aliphatic rings. The van der Waals surface area contributed by atoms with Gasteiger partial charge < -0.3 is 10.1 Å². The molecule has 0 spiro atoms. The molecule has 0 radical (unpaired) electrons. The highest BCUT2D eigenvalue weighted by molar-refractivity contribution is 7.99. The number of carbonyl (C=O) groups excluding carboxylic acids is 2. The fourth-order valence-electron chi connectivity index (χ4n) is 2.60. The molecule has 3 rings (SSSR count). The molecule has 7 nitrogen and oxygen atoms in total. The number of esters is 1. The van der Waals surface area contributed by atoms with Crippen molar-refractivity contribution in [2.45, 2.75) is 24.5 Å². The Bertz CT molecular complexity index is 876. The van der Waals surface area contributed by atoms with Gasteiger partial charge in [-0.05, 0) is 31.2 Å². The number of ether oxygens (including phenoxy) is 1. The van der Waals surface area contributed by atoms with Crippen molar-refractivity contribution in [3.63, 3.8) is 0 Å². The molecule has 25 heavy (non-hydrogen) atoms. The van der Waals surface area contributed by atoms with Gasteiger partial charge in [-0.1, -0.05) is 11.8 Å². The van der Waals surface area contributed by atoms with Crippen molar-refractivity contribution in [2.24, 2.45) is 0 Å². The molecule has 130 valence electrons. The molecule has 0 unspecified atom stereocenters. The minimum absolute atomic E-state index is 0.102. The van der Waals surface area contributed by atoms with Crippen LogP contribution in [-0.4, -0.2) is 34.3 Å². The van der Waals surface area contributed by atoms with E-state index in [0.29, 0.717) is 27.7 Å². The van der Waals surface area contributed by atoms with E-state index in [-0.39, 0.29) is 23.9 Å². The molecule has 1 aromatic carbocycles. The van der Waals surface area contributed by atoms with Crippen molar-refractivity contribution in [2.75, 3.05) is 18.2 Å². The van der Waals surface area contributed by atoms with E-state index in [1.165, 1.54) is 18.9 Å². The van der Waals surface area contributed by atoms with Gasteiger partial charge in [-0.15, -0.1) is 0 Å². The van der Waals surface area contributed by atoms with Gasteiger partial charge in [0.2, 0.25) is 5.91 Å². The molecule has 0 saturated heterocycles. The maximum Gasteiger partial charge on any atom is 0.337 e. The molecule has 1 aromatic heterocycles. The van der Waals surface area contributed by atoms with Crippen LogP contribution >= 0.6 is 11.8 Å². The number of thioether (sulfide) groups is 1. The number of hydrogen-bond donors (Lipinski definition) is 1. The van der Waals surface area contributed by atoms with E-state index in [9.17, 15) is 14.4 Å². The number of hydrogen-bond acceptors (Lipinski definition) is 6. The first-order valence-electron chi connectivity index (χ1n) is 7.68. The molecule has 2 aromatic rings. The summed E-state index contributed by atoms with van der Waals surface area (Å²) >= 11 is 1.48. The van der Waals surface area contributed by atoms with Crippen LogP contribution in [0.5, 0.6) is 0 Å². The summed E-state index contributed by atoms with van der Waals surface area (Å²) in [5.74, 6) is 0.0119. The summed E-state index contributed by atoms with van der Waals surface area (Å²) in [5.41, 5.74) is 1.46. The second-order valence-electron chi connectivity index (χ2n) is 5.69. The molecule has 0 aliphatic carbocycles. The quantitative estimate of drug-likeness (QED) is 0.663. The van der Waals surface area contributed by atoms with Crippen molar-refractivity contribution in [3.8, 4) is 0 Å². The third-order valence-corrected chi connectivity index (χ3v) is 5.02. The molecule has 1 amide bonds. The molecule has 2 heterocycles. The first kappa shape index (κ1) is 17.2. The molecule has 0 fully saturated rings. The van der Waals surface area contributed by atoms with E-state index >= 15 is 0 Å². The van der Waals surface area contributed by atoms with Crippen LogP contribution in [0.25, 0.3) is 0 Å². The molecular weight excluding hydrogens is 342 g/mol. The molecular formula is C17H17N3O4S. The predicted molar refractivity (Wildman–Crippen MR) is 94.0 cm³/mol. The summed E-state index contributed by atoms with van der Waals surface area (Å²) in [5, 5.41) is 3.43. The number of nitrogens with zero attached hydrogens (tertiary/aromatic N) is 2. The van der Waals surface area contributed by atoms with Gasteiger partial charge in [-0.25, -0.2) is 9.78 Å². The van der Waals surface area contributed by atoms with Crippen LogP contribution in [0.2, 0.25) is 0 Å². The Balaban J connectivity index is 1.68. The van der Waals surface area contributed by atoms with E-state index in [4.69, 9.17) is 0 Å². The van der Waals surface area contributed by atoms with Crippen molar-refractivity contribution < 1.29 is 14.3 Å². The van der Waals surface area contributed by atoms with Gasteiger partial charge >= 0.3 is 5.97 Å². The minimum atomic E-state index is -0.431. The highest BCUT2D eigenvalue weighted by atomic mass is 32.2. The van der Waals surface area contributed by atoms with Crippen LogP contribution in [-0.2, 0) is 9.53 Å². The van der Waals surface area contributed by atoms with Gasteiger partial charge in [0.25, 0.3) is 5.56 Å². The first-order chi connectivity index (χ1) is 12.0. The van der Waals surface area contributed by atoms with Gasteiger partial charge in [-0.3, -0.25) is 14.2 Å². The highest BCUT2D eigenvalue weighted by Crippen LogP contribution is 2.32. The van der Waals surface area contributed by atoms with Crippen LogP contribution in [0.15, 0.2) is 40.4 Å². The van der Waals surface area contributed by atoms with Gasteiger partial charge in [-0.2, -0.15) is 0 Å². The SMILES string of the molecule is COC(=O)c1ccc(NC(=O)C[C@H]2CSc3ncc(C)c(=O)n32)cc1. The van der Waals surface area contributed by atoms with Crippen molar-refractivity contribution in [1.29, 1.82) is 0 Å². The second-order valence-corrected chi connectivity index (χ2v) is 6.67. The Morgan fingerprint density at radius 1 is 1.36 bits per heavy atom.